The lowest BCUT2D eigenvalue weighted by Gasteiger charge is -2.01. The Morgan fingerprint density at radius 1 is 1.53 bits per heavy atom. The van der Waals surface area contributed by atoms with Gasteiger partial charge < -0.3 is 5.32 Å². The van der Waals surface area contributed by atoms with Gasteiger partial charge in [0.25, 0.3) is 5.91 Å². The van der Waals surface area contributed by atoms with Gasteiger partial charge in [0.2, 0.25) is 5.91 Å². The van der Waals surface area contributed by atoms with Crippen LogP contribution in [0.25, 0.3) is 0 Å². The number of rotatable bonds is 4. The largest absolute Gasteiger partial charge is 0.351 e. The first-order valence-corrected chi connectivity index (χ1v) is 5.11. The molecule has 0 unspecified atom stereocenters. The maximum absolute atomic E-state index is 11.3. The summed E-state index contributed by atoms with van der Waals surface area (Å²) in [5.41, 5.74) is 0. The van der Waals surface area contributed by atoms with E-state index in [1.54, 1.807) is 17.5 Å². The van der Waals surface area contributed by atoms with E-state index in [4.69, 9.17) is 5.26 Å². The summed E-state index contributed by atoms with van der Waals surface area (Å²) in [6, 6.07) is 3.48. The molecule has 78 valence electrons. The zero-order valence-corrected chi connectivity index (χ0v) is 8.63. The molecule has 5 nitrogen and oxygen atoms in total. The fourth-order valence-corrected chi connectivity index (χ4v) is 1.55. The molecule has 0 aliphatic rings. The van der Waals surface area contributed by atoms with Gasteiger partial charge in [-0.3, -0.25) is 14.9 Å². The van der Waals surface area contributed by atoms with E-state index in [0.29, 0.717) is 4.88 Å². The number of hydrogen-bond acceptors (Lipinski definition) is 4. The number of nitrogens with zero attached hydrogens (tertiary/aromatic N) is 1. The topological polar surface area (TPSA) is 82.0 Å². The summed E-state index contributed by atoms with van der Waals surface area (Å²) in [4.78, 5) is 22.8. The minimum atomic E-state index is -0.399. The van der Waals surface area contributed by atoms with Crippen molar-refractivity contribution in [2.45, 2.75) is 6.42 Å². The average Bonchev–Trinajstić information content (AvgIpc) is 2.70. The molecule has 1 rings (SSSR count). The molecule has 0 aromatic carbocycles. The molecule has 1 heterocycles. The Bertz CT molecular complexity index is 381. The van der Waals surface area contributed by atoms with Crippen LogP contribution in [0.5, 0.6) is 0 Å². The summed E-state index contributed by atoms with van der Waals surface area (Å²) in [5, 5.41) is 14.5. The van der Waals surface area contributed by atoms with E-state index in [9.17, 15) is 9.59 Å². The van der Waals surface area contributed by atoms with E-state index in [1.165, 1.54) is 17.5 Å². The van der Waals surface area contributed by atoms with Crippen molar-refractivity contribution in [2.75, 3.05) is 6.54 Å². The van der Waals surface area contributed by atoms with Crippen molar-refractivity contribution in [2.24, 2.45) is 0 Å². The van der Waals surface area contributed by atoms with Gasteiger partial charge in [-0.2, -0.15) is 5.26 Å². The summed E-state index contributed by atoms with van der Waals surface area (Å²) in [6.07, 6.45) is 1.62. The zero-order chi connectivity index (χ0) is 11.1. The maximum atomic E-state index is 11.3. The Labute approximate surface area is 90.7 Å². The van der Waals surface area contributed by atoms with Crippen LogP contribution in [0.15, 0.2) is 17.5 Å². The maximum Gasteiger partial charge on any atom is 0.261 e. The highest BCUT2D eigenvalue weighted by molar-refractivity contribution is 7.12. The van der Waals surface area contributed by atoms with Crippen LogP contribution >= 0.6 is 11.3 Å². The van der Waals surface area contributed by atoms with Crippen molar-refractivity contribution in [3.05, 3.63) is 22.4 Å². The Morgan fingerprint density at radius 3 is 2.93 bits per heavy atom. The number of carbonyl (C=O) groups excluding carboxylic acids is 2. The smallest absolute Gasteiger partial charge is 0.261 e. The lowest BCUT2D eigenvalue weighted by atomic mass is 10.4. The highest BCUT2D eigenvalue weighted by Gasteiger charge is 2.06. The van der Waals surface area contributed by atoms with Crippen molar-refractivity contribution in [1.29, 1.82) is 5.26 Å². The Morgan fingerprint density at radius 2 is 2.33 bits per heavy atom. The molecule has 1 aromatic rings. The number of carbonyl (C=O) groups is 2. The summed E-state index contributed by atoms with van der Waals surface area (Å²) in [5.74, 6) is -0.598. The van der Waals surface area contributed by atoms with Crippen LogP contribution in [0.4, 0.5) is 0 Å². The molecule has 0 spiro atoms. The van der Waals surface area contributed by atoms with E-state index in [0.717, 1.165) is 0 Å². The quantitative estimate of drug-likeness (QED) is 0.575. The normalized spacial score (nSPS) is 9.00. The number of amides is 2. The molecule has 6 heteroatoms. The van der Waals surface area contributed by atoms with Crippen molar-refractivity contribution < 1.29 is 9.59 Å². The SMILES string of the molecule is N#CNC(=O)CCNC(=O)c1cccs1. The Kier molecular flexibility index (Phi) is 4.31. The molecule has 0 radical (unpaired) electrons. The van der Waals surface area contributed by atoms with Gasteiger partial charge in [0, 0.05) is 13.0 Å². The van der Waals surface area contributed by atoms with Crippen LogP contribution in [0.3, 0.4) is 0 Å². The number of nitrogens with one attached hydrogen (secondary N) is 2. The standard InChI is InChI=1S/C9H9N3O2S/c10-6-12-8(13)3-4-11-9(14)7-2-1-5-15-7/h1-2,5H,3-4H2,(H,11,14)(H,12,13). The van der Waals surface area contributed by atoms with E-state index in [2.05, 4.69) is 5.32 Å². The third-order valence-electron chi connectivity index (χ3n) is 1.58. The van der Waals surface area contributed by atoms with Gasteiger partial charge in [0.05, 0.1) is 4.88 Å². The van der Waals surface area contributed by atoms with Crippen molar-refractivity contribution in [1.82, 2.24) is 10.6 Å². The minimum absolute atomic E-state index is 0.102. The molecule has 0 saturated heterocycles. The summed E-state index contributed by atoms with van der Waals surface area (Å²) in [6.45, 7) is 0.226. The second-order valence-corrected chi connectivity index (χ2v) is 3.59. The van der Waals surface area contributed by atoms with Gasteiger partial charge in [-0.05, 0) is 11.4 Å². The van der Waals surface area contributed by atoms with E-state index < -0.39 is 5.91 Å². The van der Waals surface area contributed by atoms with E-state index >= 15 is 0 Å². The third-order valence-corrected chi connectivity index (χ3v) is 2.45. The molecular formula is C9H9N3O2S. The first-order chi connectivity index (χ1) is 7.24. The minimum Gasteiger partial charge on any atom is -0.351 e. The van der Waals surface area contributed by atoms with Crippen LogP contribution < -0.4 is 10.6 Å². The summed E-state index contributed by atoms with van der Waals surface area (Å²) < 4.78 is 0. The number of nitriles is 1. The number of hydrogen-bond donors (Lipinski definition) is 2. The first kappa shape index (κ1) is 11.2. The van der Waals surface area contributed by atoms with Gasteiger partial charge >= 0.3 is 0 Å². The molecule has 15 heavy (non-hydrogen) atoms. The molecule has 0 fully saturated rings. The van der Waals surface area contributed by atoms with Gasteiger partial charge in [-0.1, -0.05) is 6.07 Å². The highest BCUT2D eigenvalue weighted by atomic mass is 32.1. The van der Waals surface area contributed by atoms with Gasteiger partial charge in [0.1, 0.15) is 0 Å². The lowest BCUT2D eigenvalue weighted by Crippen LogP contribution is -2.28. The third kappa shape index (κ3) is 3.79. The van der Waals surface area contributed by atoms with Gasteiger partial charge in [-0.15, -0.1) is 11.3 Å². The van der Waals surface area contributed by atoms with Gasteiger partial charge in [-0.25, -0.2) is 0 Å². The Balaban J connectivity index is 2.24. The summed E-state index contributed by atoms with van der Waals surface area (Å²) >= 11 is 1.34. The van der Waals surface area contributed by atoms with Crippen LogP contribution in [-0.4, -0.2) is 18.4 Å². The van der Waals surface area contributed by atoms with Crippen LogP contribution in [0, 0.1) is 11.5 Å². The van der Waals surface area contributed by atoms with Crippen molar-refractivity contribution in [3.8, 4) is 6.19 Å². The second kappa shape index (κ2) is 5.78. The Hall–Kier alpha value is -1.87. The molecule has 1 aromatic heterocycles. The highest BCUT2D eigenvalue weighted by Crippen LogP contribution is 2.07. The molecular weight excluding hydrogens is 214 g/mol. The summed E-state index contributed by atoms with van der Waals surface area (Å²) in [7, 11) is 0. The monoisotopic (exact) mass is 223 g/mol. The van der Waals surface area contributed by atoms with E-state index in [-0.39, 0.29) is 18.9 Å². The van der Waals surface area contributed by atoms with Crippen molar-refractivity contribution in [3.63, 3.8) is 0 Å². The molecule has 0 atom stereocenters. The fraction of sp³-hybridized carbons (Fsp3) is 0.222. The van der Waals surface area contributed by atoms with Crippen LogP contribution in [-0.2, 0) is 4.79 Å². The first-order valence-electron chi connectivity index (χ1n) is 4.23. The predicted molar refractivity (Wildman–Crippen MR) is 55.0 cm³/mol. The average molecular weight is 223 g/mol. The van der Waals surface area contributed by atoms with Crippen LogP contribution in [0.2, 0.25) is 0 Å². The van der Waals surface area contributed by atoms with Crippen LogP contribution in [0.1, 0.15) is 16.1 Å². The second-order valence-electron chi connectivity index (χ2n) is 2.64. The molecule has 2 N–H and O–H groups in total. The zero-order valence-electron chi connectivity index (χ0n) is 7.82. The molecule has 0 aliphatic carbocycles. The number of thiophene rings is 1. The molecule has 0 bridgehead atoms. The van der Waals surface area contributed by atoms with Crippen molar-refractivity contribution >= 4 is 23.2 Å². The van der Waals surface area contributed by atoms with E-state index in [1.807, 2.05) is 5.32 Å². The predicted octanol–water partition coefficient (Wildman–Crippen LogP) is 0.465. The fourth-order valence-electron chi connectivity index (χ4n) is 0.909. The molecule has 0 aliphatic heterocycles. The molecule has 0 saturated carbocycles. The molecule has 2 amide bonds. The lowest BCUT2D eigenvalue weighted by molar-refractivity contribution is -0.119. The van der Waals surface area contributed by atoms with Gasteiger partial charge in [0.15, 0.2) is 6.19 Å².